The molecule has 0 rings (SSSR count). The first kappa shape index (κ1) is 24.9. The summed E-state index contributed by atoms with van der Waals surface area (Å²) in [5, 5.41) is 0. The monoisotopic (exact) mass is 370 g/mol. The van der Waals surface area contributed by atoms with Crippen LogP contribution in [0.25, 0.3) is 0 Å². The van der Waals surface area contributed by atoms with E-state index >= 15 is 0 Å². The van der Waals surface area contributed by atoms with Crippen LogP contribution in [0.3, 0.4) is 0 Å². The van der Waals surface area contributed by atoms with E-state index in [-0.39, 0.29) is 24.8 Å². The standard InChI is InChI=1S/C22H42O4/c1-4-5-6-7-8-9-10-11-12-13-14-18-25-21(23)15-16-22(24)26-19-17-20(2)3/h20H,4-19H2,1-3H3. The van der Waals surface area contributed by atoms with Gasteiger partial charge in [-0.3, -0.25) is 9.59 Å². The summed E-state index contributed by atoms with van der Waals surface area (Å²) in [5.74, 6) is -0.0891. The van der Waals surface area contributed by atoms with Gasteiger partial charge < -0.3 is 9.47 Å². The Morgan fingerprint density at radius 3 is 1.54 bits per heavy atom. The molecule has 0 aromatic rings. The highest BCUT2D eigenvalue weighted by molar-refractivity contribution is 5.77. The number of carbonyl (C=O) groups is 2. The van der Waals surface area contributed by atoms with Crippen LogP contribution in [0.4, 0.5) is 0 Å². The van der Waals surface area contributed by atoms with Crippen LogP contribution < -0.4 is 0 Å². The van der Waals surface area contributed by atoms with E-state index in [1.165, 1.54) is 57.8 Å². The molecule has 154 valence electrons. The Morgan fingerprint density at radius 2 is 1.08 bits per heavy atom. The number of rotatable bonds is 18. The molecule has 0 saturated carbocycles. The molecule has 0 amide bonds. The molecule has 0 heterocycles. The van der Waals surface area contributed by atoms with Crippen molar-refractivity contribution in [3.63, 3.8) is 0 Å². The van der Waals surface area contributed by atoms with Crippen molar-refractivity contribution >= 4 is 11.9 Å². The van der Waals surface area contributed by atoms with E-state index in [0.717, 1.165) is 19.3 Å². The molecule has 4 nitrogen and oxygen atoms in total. The van der Waals surface area contributed by atoms with Crippen LogP contribution >= 0.6 is 0 Å². The summed E-state index contributed by atoms with van der Waals surface area (Å²) in [6.07, 6.45) is 15.1. The van der Waals surface area contributed by atoms with Gasteiger partial charge in [0.2, 0.25) is 0 Å². The lowest BCUT2D eigenvalue weighted by Crippen LogP contribution is -2.12. The van der Waals surface area contributed by atoms with Gasteiger partial charge in [0.25, 0.3) is 0 Å². The zero-order chi connectivity index (χ0) is 19.5. The van der Waals surface area contributed by atoms with E-state index in [0.29, 0.717) is 19.1 Å². The van der Waals surface area contributed by atoms with E-state index in [4.69, 9.17) is 9.47 Å². The van der Waals surface area contributed by atoms with Gasteiger partial charge in [0.1, 0.15) is 0 Å². The van der Waals surface area contributed by atoms with Crippen molar-refractivity contribution in [1.29, 1.82) is 0 Å². The van der Waals surface area contributed by atoms with Crippen LogP contribution in [-0.4, -0.2) is 25.2 Å². The molecular weight excluding hydrogens is 328 g/mol. The predicted molar refractivity (Wildman–Crippen MR) is 107 cm³/mol. The summed E-state index contributed by atoms with van der Waals surface area (Å²) in [4.78, 5) is 23.1. The van der Waals surface area contributed by atoms with E-state index in [2.05, 4.69) is 20.8 Å². The van der Waals surface area contributed by atoms with Crippen molar-refractivity contribution in [3.05, 3.63) is 0 Å². The van der Waals surface area contributed by atoms with E-state index in [9.17, 15) is 9.59 Å². The van der Waals surface area contributed by atoms with Crippen molar-refractivity contribution in [2.75, 3.05) is 13.2 Å². The Hall–Kier alpha value is -1.06. The first-order valence-electron chi connectivity index (χ1n) is 10.9. The van der Waals surface area contributed by atoms with E-state index < -0.39 is 0 Å². The van der Waals surface area contributed by atoms with Crippen molar-refractivity contribution in [3.8, 4) is 0 Å². The third kappa shape index (κ3) is 19.3. The minimum atomic E-state index is -0.308. The fourth-order valence-corrected chi connectivity index (χ4v) is 2.71. The molecule has 0 aromatic heterocycles. The second-order valence-corrected chi connectivity index (χ2v) is 7.66. The molecule has 26 heavy (non-hydrogen) atoms. The molecule has 0 aliphatic carbocycles. The zero-order valence-electron chi connectivity index (χ0n) is 17.5. The maximum atomic E-state index is 11.6. The highest BCUT2D eigenvalue weighted by Crippen LogP contribution is 2.11. The second kappa shape index (κ2) is 18.7. The fourth-order valence-electron chi connectivity index (χ4n) is 2.71. The van der Waals surface area contributed by atoms with Gasteiger partial charge in [-0.2, -0.15) is 0 Å². The first-order chi connectivity index (χ1) is 12.6. The van der Waals surface area contributed by atoms with Gasteiger partial charge in [-0.1, -0.05) is 85.0 Å². The summed E-state index contributed by atoms with van der Waals surface area (Å²) >= 11 is 0. The maximum absolute atomic E-state index is 11.6. The Morgan fingerprint density at radius 1 is 0.654 bits per heavy atom. The zero-order valence-corrected chi connectivity index (χ0v) is 17.5. The van der Waals surface area contributed by atoms with Gasteiger partial charge in [0.15, 0.2) is 0 Å². The molecule has 0 aromatic carbocycles. The Bertz CT molecular complexity index is 339. The minimum Gasteiger partial charge on any atom is -0.466 e. The van der Waals surface area contributed by atoms with Crippen molar-refractivity contribution < 1.29 is 19.1 Å². The number of carbonyl (C=O) groups excluding carboxylic acids is 2. The lowest BCUT2D eigenvalue weighted by atomic mass is 10.1. The molecule has 0 atom stereocenters. The predicted octanol–water partition coefficient (Wildman–Crippen LogP) is 6.21. The average molecular weight is 371 g/mol. The molecule has 0 saturated heterocycles. The van der Waals surface area contributed by atoms with Gasteiger partial charge in [-0.15, -0.1) is 0 Å². The van der Waals surface area contributed by atoms with Gasteiger partial charge in [-0.25, -0.2) is 0 Å². The number of esters is 2. The van der Waals surface area contributed by atoms with Crippen LogP contribution in [-0.2, 0) is 19.1 Å². The molecular formula is C22H42O4. The lowest BCUT2D eigenvalue weighted by molar-refractivity contribution is -0.150. The fraction of sp³-hybridized carbons (Fsp3) is 0.909. The van der Waals surface area contributed by atoms with Gasteiger partial charge in [-0.05, 0) is 18.8 Å². The normalized spacial score (nSPS) is 10.9. The number of ether oxygens (including phenoxy) is 2. The van der Waals surface area contributed by atoms with Crippen LogP contribution in [0.5, 0.6) is 0 Å². The van der Waals surface area contributed by atoms with Crippen LogP contribution in [0.1, 0.15) is 111 Å². The smallest absolute Gasteiger partial charge is 0.306 e. The number of unbranched alkanes of at least 4 members (excludes halogenated alkanes) is 10. The summed E-state index contributed by atoms with van der Waals surface area (Å²) in [7, 11) is 0. The highest BCUT2D eigenvalue weighted by atomic mass is 16.5. The summed E-state index contributed by atoms with van der Waals surface area (Å²) in [5.41, 5.74) is 0. The minimum absolute atomic E-state index is 0.120. The van der Waals surface area contributed by atoms with Crippen LogP contribution in [0, 0.1) is 5.92 Å². The van der Waals surface area contributed by atoms with E-state index in [1.54, 1.807) is 0 Å². The Kier molecular flexibility index (Phi) is 18.0. The molecule has 0 unspecified atom stereocenters. The van der Waals surface area contributed by atoms with Crippen molar-refractivity contribution in [1.82, 2.24) is 0 Å². The molecule has 0 radical (unpaired) electrons. The average Bonchev–Trinajstić information content (AvgIpc) is 2.60. The topological polar surface area (TPSA) is 52.6 Å². The molecule has 0 fully saturated rings. The van der Waals surface area contributed by atoms with Gasteiger partial charge in [0.05, 0.1) is 26.1 Å². The molecule has 0 N–H and O–H groups in total. The molecule has 4 heteroatoms. The Labute approximate surface area is 161 Å². The maximum Gasteiger partial charge on any atom is 0.306 e. The molecule has 0 aliphatic heterocycles. The molecule has 0 bridgehead atoms. The first-order valence-corrected chi connectivity index (χ1v) is 10.9. The third-order valence-electron chi connectivity index (χ3n) is 4.50. The quantitative estimate of drug-likeness (QED) is 0.212. The van der Waals surface area contributed by atoms with Gasteiger partial charge >= 0.3 is 11.9 Å². The summed E-state index contributed by atoms with van der Waals surface area (Å²) in [6.45, 7) is 7.32. The van der Waals surface area contributed by atoms with E-state index in [1.807, 2.05) is 0 Å². The Balaban J connectivity index is 3.30. The van der Waals surface area contributed by atoms with Gasteiger partial charge in [0, 0.05) is 0 Å². The molecule has 0 aliphatic rings. The van der Waals surface area contributed by atoms with Crippen LogP contribution in [0.2, 0.25) is 0 Å². The number of hydrogen-bond acceptors (Lipinski definition) is 4. The molecule has 0 spiro atoms. The SMILES string of the molecule is CCCCCCCCCCCCCOC(=O)CCC(=O)OCCC(C)C. The highest BCUT2D eigenvalue weighted by Gasteiger charge is 2.09. The lowest BCUT2D eigenvalue weighted by Gasteiger charge is -2.07. The third-order valence-corrected chi connectivity index (χ3v) is 4.50. The second-order valence-electron chi connectivity index (χ2n) is 7.66. The van der Waals surface area contributed by atoms with Crippen molar-refractivity contribution in [2.45, 2.75) is 111 Å². The van der Waals surface area contributed by atoms with Crippen LogP contribution in [0.15, 0.2) is 0 Å². The summed E-state index contributed by atoms with van der Waals surface area (Å²) < 4.78 is 10.2. The number of hydrogen-bond donors (Lipinski definition) is 0. The summed E-state index contributed by atoms with van der Waals surface area (Å²) in [6, 6.07) is 0. The van der Waals surface area contributed by atoms with Crippen molar-refractivity contribution in [2.24, 2.45) is 5.92 Å². The largest absolute Gasteiger partial charge is 0.466 e.